The number of likely N-dealkylation sites (tertiary alicyclic amines) is 1. The number of ether oxygens (including phenoxy) is 1. The van der Waals surface area contributed by atoms with Gasteiger partial charge in [-0.1, -0.05) is 30.0 Å². The fourth-order valence-electron chi connectivity index (χ4n) is 2.15. The fraction of sp³-hybridized carbons (Fsp3) is 0.308. The average molecular weight is 308 g/mol. The van der Waals surface area contributed by atoms with E-state index in [2.05, 4.69) is 4.99 Å². The number of hydrogen-bond donors (Lipinski definition) is 2. The Morgan fingerprint density at radius 3 is 2.81 bits per heavy atom. The molecule has 7 nitrogen and oxygen atoms in total. The van der Waals surface area contributed by atoms with Crippen LogP contribution < -0.4 is 4.74 Å². The minimum Gasteiger partial charge on any atom is -0.487 e. The van der Waals surface area contributed by atoms with Gasteiger partial charge in [0.25, 0.3) is 5.91 Å². The number of benzene rings is 1. The number of para-hydroxylation sites is 1. The molecule has 1 amide bonds. The molecule has 1 aromatic carbocycles. The van der Waals surface area contributed by atoms with E-state index in [0.29, 0.717) is 10.8 Å². The molecule has 0 saturated carbocycles. The number of aliphatic hydroxyl groups is 1. The highest BCUT2D eigenvalue weighted by atomic mass is 32.2. The lowest BCUT2D eigenvalue weighted by Crippen LogP contribution is -2.66. The molecule has 2 heterocycles. The van der Waals surface area contributed by atoms with Gasteiger partial charge in [-0.15, -0.1) is 0 Å². The van der Waals surface area contributed by atoms with E-state index in [0.717, 1.165) is 4.90 Å². The number of fused-ring (bicyclic) bond motifs is 1. The minimum atomic E-state index is -1.82. The van der Waals surface area contributed by atoms with Gasteiger partial charge in [0.2, 0.25) is 6.23 Å². The lowest BCUT2D eigenvalue weighted by Gasteiger charge is -2.42. The van der Waals surface area contributed by atoms with Crippen LogP contribution in [-0.2, 0) is 9.59 Å². The molecular formula is C13H12N2O5S. The summed E-state index contributed by atoms with van der Waals surface area (Å²) in [7, 11) is 0. The second-order valence-electron chi connectivity index (χ2n) is 4.54. The van der Waals surface area contributed by atoms with Crippen LogP contribution in [0.3, 0.4) is 0 Å². The molecule has 0 bridgehead atoms. The Labute approximate surface area is 124 Å². The molecule has 0 aliphatic carbocycles. The van der Waals surface area contributed by atoms with Crippen LogP contribution in [0.25, 0.3) is 0 Å². The van der Waals surface area contributed by atoms with E-state index in [1.54, 1.807) is 12.1 Å². The number of thioether (sulfide) groups is 1. The van der Waals surface area contributed by atoms with Crippen LogP contribution in [0.2, 0.25) is 0 Å². The molecule has 1 fully saturated rings. The van der Waals surface area contributed by atoms with E-state index in [-0.39, 0.29) is 6.61 Å². The monoisotopic (exact) mass is 308 g/mol. The van der Waals surface area contributed by atoms with Gasteiger partial charge in [-0.3, -0.25) is 14.7 Å². The molecule has 1 saturated heterocycles. The summed E-state index contributed by atoms with van der Waals surface area (Å²) in [6, 6.07) is 8.56. The Morgan fingerprint density at radius 1 is 1.43 bits per heavy atom. The van der Waals surface area contributed by atoms with E-state index in [1.807, 2.05) is 18.2 Å². The molecule has 3 rings (SSSR count). The van der Waals surface area contributed by atoms with Crippen molar-refractivity contribution in [3.8, 4) is 5.75 Å². The normalized spacial score (nSPS) is 24.9. The average Bonchev–Trinajstić information content (AvgIpc) is 2.85. The third-order valence-electron chi connectivity index (χ3n) is 3.18. The summed E-state index contributed by atoms with van der Waals surface area (Å²) in [5, 5.41) is 18.4. The fourth-order valence-corrected chi connectivity index (χ4v) is 3.37. The van der Waals surface area contributed by atoms with Crippen molar-refractivity contribution in [3.63, 3.8) is 0 Å². The van der Waals surface area contributed by atoms with Crippen molar-refractivity contribution in [1.29, 1.82) is 0 Å². The predicted octanol–water partition coefficient (Wildman–Crippen LogP) is 0.151. The molecule has 21 heavy (non-hydrogen) atoms. The molecule has 2 aliphatic heterocycles. The van der Waals surface area contributed by atoms with Gasteiger partial charge < -0.3 is 14.9 Å². The number of amides is 1. The zero-order chi connectivity index (χ0) is 15.0. The van der Waals surface area contributed by atoms with Crippen molar-refractivity contribution >= 4 is 28.7 Å². The van der Waals surface area contributed by atoms with Gasteiger partial charge in [-0.05, 0) is 12.1 Å². The first-order chi connectivity index (χ1) is 10.1. The smallest absolute Gasteiger partial charge is 0.354 e. The second-order valence-corrected chi connectivity index (χ2v) is 5.73. The molecule has 1 unspecified atom stereocenters. The number of hydrogen-bond acceptors (Lipinski definition) is 6. The van der Waals surface area contributed by atoms with Gasteiger partial charge in [0.15, 0.2) is 6.04 Å². The predicted molar refractivity (Wildman–Crippen MR) is 75.0 cm³/mol. The topological polar surface area (TPSA) is 99.4 Å². The highest BCUT2D eigenvalue weighted by Gasteiger charge is 2.56. The Kier molecular flexibility index (Phi) is 3.56. The highest BCUT2D eigenvalue weighted by Crippen LogP contribution is 2.40. The first-order valence-corrected chi connectivity index (χ1v) is 7.10. The molecule has 3 atom stereocenters. The van der Waals surface area contributed by atoms with Crippen LogP contribution in [0, 0.1) is 0 Å². The van der Waals surface area contributed by atoms with Gasteiger partial charge >= 0.3 is 5.97 Å². The molecule has 1 aromatic rings. The maximum absolute atomic E-state index is 11.8. The number of carboxylic acids is 1. The molecule has 0 aromatic heterocycles. The molecule has 0 radical (unpaired) electrons. The molecule has 2 N–H and O–H groups in total. The van der Waals surface area contributed by atoms with E-state index in [4.69, 9.17) is 9.84 Å². The number of nitrogens with zero attached hydrogens (tertiary/aromatic N) is 2. The van der Waals surface area contributed by atoms with Crippen molar-refractivity contribution < 1.29 is 24.5 Å². The van der Waals surface area contributed by atoms with Crippen LogP contribution >= 0.6 is 11.8 Å². The number of aliphatic hydroxyl groups excluding tert-OH is 1. The maximum Gasteiger partial charge on any atom is 0.354 e. The summed E-state index contributed by atoms with van der Waals surface area (Å²) < 4.78 is 5.53. The Bertz CT molecular complexity index is 606. The third-order valence-corrected chi connectivity index (χ3v) is 4.40. The quantitative estimate of drug-likeness (QED) is 0.751. The number of aliphatic imine (C=N–C) groups is 1. The van der Waals surface area contributed by atoms with Crippen LogP contribution in [-0.4, -0.2) is 56.3 Å². The number of aliphatic carboxylic acids is 1. The SMILES string of the molecule is O=C(O)C(O)N1C(=O)[C@H]2N=C(COc3ccccc3)S[C@H]21. The molecule has 2 aliphatic rings. The lowest BCUT2D eigenvalue weighted by molar-refractivity contribution is -0.176. The number of carbonyl (C=O) groups is 2. The van der Waals surface area contributed by atoms with E-state index in [9.17, 15) is 14.7 Å². The summed E-state index contributed by atoms with van der Waals surface area (Å²) in [6.45, 7) is 0.214. The third kappa shape index (κ3) is 2.47. The molecule has 110 valence electrons. The van der Waals surface area contributed by atoms with Gasteiger partial charge in [0.1, 0.15) is 22.8 Å². The first-order valence-electron chi connectivity index (χ1n) is 6.22. The minimum absolute atomic E-state index is 0.214. The van der Waals surface area contributed by atoms with Crippen molar-refractivity contribution in [2.45, 2.75) is 17.6 Å². The summed E-state index contributed by atoms with van der Waals surface area (Å²) in [4.78, 5) is 27.6. The van der Waals surface area contributed by atoms with Gasteiger partial charge in [0.05, 0.1) is 0 Å². The standard InChI is InChI=1S/C13H12N2O5S/c16-10-9-12(15(10)11(17)13(18)19)21-8(14-9)6-20-7-4-2-1-3-5-7/h1-5,9,11-12,17H,6H2,(H,18,19)/t9-,11?,12-/m1/s1. The van der Waals surface area contributed by atoms with Gasteiger partial charge in [-0.2, -0.15) is 0 Å². The van der Waals surface area contributed by atoms with Gasteiger partial charge in [0, 0.05) is 0 Å². The second kappa shape index (κ2) is 5.38. The van der Waals surface area contributed by atoms with Crippen molar-refractivity contribution in [1.82, 2.24) is 4.90 Å². The summed E-state index contributed by atoms with van der Waals surface area (Å²) in [5.74, 6) is -1.23. The molecule has 8 heteroatoms. The Hall–Kier alpha value is -2.06. The van der Waals surface area contributed by atoms with Crippen LogP contribution in [0.15, 0.2) is 35.3 Å². The number of rotatable bonds is 5. The van der Waals surface area contributed by atoms with Crippen molar-refractivity contribution in [2.75, 3.05) is 6.61 Å². The summed E-state index contributed by atoms with van der Waals surface area (Å²) in [5.41, 5.74) is 0. The first kappa shape index (κ1) is 13.9. The van der Waals surface area contributed by atoms with Crippen LogP contribution in [0.4, 0.5) is 0 Å². The zero-order valence-corrected chi connectivity index (χ0v) is 11.6. The summed E-state index contributed by atoms with van der Waals surface area (Å²) >= 11 is 1.24. The van der Waals surface area contributed by atoms with Gasteiger partial charge in [-0.25, -0.2) is 4.79 Å². The maximum atomic E-state index is 11.8. The van der Waals surface area contributed by atoms with Crippen LogP contribution in [0.5, 0.6) is 5.75 Å². The lowest BCUT2D eigenvalue weighted by atomic mass is 10.1. The van der Waals surface area contributed by atoms with Crippen molar-refractivity contribution in [3.05, 3.63) is 30.3 Å². The summed E-state index contributed by atoms with van der Waals surface area (Å²) in [6.07, 6.45) is -1.82. The molecular weight excluding hydrogens is 296 g/mol. The molecule has 0 spiro atoms. The Balaban J connectivity index is 1.60. The Morgan fingerprint density at radius 2 is 2.14 bits per heavy atom. The van der Waals surface area contributed by atoms with Crippen molar-refractivity contribution in [2.24, 2.45) is 4.99 Å². The van der Waals surface area contributed by atoms with E-state index >= 15 is 0 Å². The zero-order valence-electron chi connectivity index (χ0n) is 10.7. The number of carboxylic acid groups (broad SMARTS) is 1. The van der Waals surface area contributed by atoms with Crippen LogP contribution in [0.1, 0.15) is 0 Å². The number of β-lactam (4-membered cyclic amide) rings is 1. The number of carbonyl (C=O) groups excluding carboxylic acids is 1. The van der Waals surface area contributed by atoms with E-state index < -0.39 is 29.5 Å². The highest BCUT2D eigenvalue weighted by molar-refractivity contribution is 8.15. The largest absolute Gasteiger partial charge is 0.487 e. The van der Waals surface area contributed by atoms with E-state index in [1.165, 1.54) is 11.8 Å².